The van der Waals surface area contributed by atoms with Gasteiger partial charge in [0.2, 0.25) is 0 Å². The van der Waals surface area contributed by atoms with Gasteiger partial charge in [0.1, 0.15) is 0 Å². The highest BCUT2D eigenvalue weighted by molar-refractivity contribution is 5.25. The Bertz CT molecular complexity index is 398. The molecule has 0 unspecified atom stereocenters. The second kappa shape index (κ2) is 6.73. The molecular formula is C18H28N2. The summed E-state index contributed by atoms with van der Waals surface area (Å²) in [5.41, 5.74) is 3.02. The molecule has 2 aliphatic rings. The zero-order chi connectivity index (χ0) is 13.8. The molecule has 110 valence electrons. The summed E-state index contributed by atoms with van der Waals surface area (Å²) < 4.78 is 0. The lowest BCUT2D eigenvalue weighted by Crippen LogP contribution is -2.46. The zero-order valence-electron chi connectivity index (χ0n) is 12.8. The minimum Gasteiger partial charge on any atom is -0.317 e. The highest BCUT2D eigenvalue weighted by Crippen LogP contribution is 2.30. The van der Waals surface area contributed by atoms with Crippen molar-refractivity contribution in [1.82, 2.24) is 10.2 Å². The van der Waals surface area contributed by atoms with Gasteiger partial charge in [-0.25, -0.2) is 0 Å². The van der Waals surface area contributed by atoms with Crippen LogP contribution in [-0.4, -0.2) is 37.1 Å². The molecule has 1 aromatic carbocycles. The van der Waals surface area contributed by atoms with Crippen LogP contribution >= 0.6 is 0 Å². The van der Waals surface area contributed by atoms with Crippen molar-refractivity contribution in [3.05, 3.63) is 35.4 Å². The van der Waals surface area contributed by atoms with Gasteiger partial charge in [0.05, 0.1) is 0 Å². The standard InChI is InChI=1S/C18H28N2/c1-2-15-3-5-16(6-4-15)17-9-13-20(14-10-17)18-7-11-19-12-8-18/h3-6,17-19H,2,7-14H2,1H3. The molecule has 2 fully saturated rings. The van der Waals surface area contributed by atoms with Gasteiger partial charge >= 0.3 is 0 Å². The molecule has 1 aromatic rings. The molecule has 1 N–H and O–H groups in total. The average Bonchev–Trinajstić information content (AvgIpc) is 2.56. The first-order valence-corrected chi connectivity index (χ1v) is 8.40. The van der Waals surface area contributed by atoms with Crippen LogP contribution in [0.1, 0.15) is 49.7 Å². The molecule has 0 spiro atoms. The Morgan fingerprint density at radius 2 is 1.65 bits per heavy atom. The van der Waals surface area contributed by atoms with Gasteiger partial charge in [-0.3, -0.25) is 0 Å². The van der Waals surface area contributed by atoms with E-state index in [9.17, 15) is 0 Å². The first kappa shape index (κ1) is 14.1. The molecule has 0 aliphatic carbocycles. The number of benzene rings is 1. The minimum atomic E-state index is 0.791. The van der Waals surface area contributed by atoms with Crippen molar-refractivity contribution in [2.45, 2.75) is 51.0 Å². The summed E-state index contributed by atoms with van der Waals surface area (Å²) in [6.07, 6.45) is 6.52. The second-order valence-electron chi connectivity index (χ2n) is 6.39. The number of aryl methyl sites for hydroxylation is 1. The summed E-state index contributed by atoms with van der Waals surface area (Å²) in [4.78, 5) is 2.75. The fraction of sp³-hybridized carbons (Fsp3) is 0.667. The number of rotatable bonds is 3. The van der Waals surface area contributed by atoms with Gasteiger partial charge < -0.3 is 10.2 Å². The molecule has 2 saturated heterocycles. The van der Waals surface area contributed by atoms with E-state index in [2.05, 4.69) is 41.4 Å². The van der Waals surface area contributed by atoms with E-state index in [0.717, 1.165) is 18.4 Å². The normalized spacial score (nSPS) is 23.1. The number of likely N-dealkylation sites (tertiary alicyclic amines) is 1. The van der Waals surface area contributed by atoms with E-state index in [0.29, 0.717) is 0 Å². The highest BCUT2D eigenvalue weighted by Gasteiger charge is 2.26. The third-order valence-corrected chi connectivity index (χ3v) is 5.21. The molecule has 2 nitrogen and oxygen atoms in total. The Balaban J connectivity index is 1.54. The maximum atomic E-state index is 3.47. The maximum absolute atomic E-state index is 3.47. The van der Waals surface area contributed by atoms with Crippen molar-refractivity contribution in [2.24, 2.45) is 0 Å². The molecule has 0 atom stereocenters. The fourth-order valence-electron chi connectivity index (χ4n) is 3.80. The van der Waals surface area contributed by atoms with Crippen molar-refractivity contribution in [2.75, 3.05) is 26.2 Å². The van der Waals surface area contributed by atoms with Crippen LogP contribution in [0.4, 0.5) is 0 Å². The van der Waals surface area contributed by atoms with E-state index in [1.54, 1.807) is 5.56 Å². The number of piperidine rings is 2. The van der Waals surface area contributed by atoms with Gasteiger partial charge in [-0.15, -0.1) is 0 Å². The third kappa shape index (κ3) is 3.24. The number of nitrogens with one attached hydrogen (secondary N) is 1. The molecule has 2 heteroatoms. The van der Waals surface area contributed by atoms with E-state index in [4.69, 9.17) is 0 Å². The Morgan fingerprint density at radius 1 is 1.00 bits per heavy atom. The summed E-state index contributed by atoms with van der Waals surface area (Å²) >= 11 is 0. The fourth-order valence-corrected chi connectivity index (χ4v) is 3.80. The SMILES string of the molecule is CCc1ccc(C2CCN(C3CCNCC3)CC2)cc1. The van der Waals surface area contributed by atoms with Gasteiger partial charge in [-0.05, 0) is 75.3 Å². The molecule has 2 heterocycles. The predicted octanol–water partition coefficient (Wildman–Crippen LogP) is 3.18. The molecule has 3 rings (SSSR count). The molecule has 0 amide bonds. The lowest BCUT2D eigenvalue weighted by Gasteiger charge is -2.39. The van der Waals surface area contributed by atoms with Crippen molar-refractivity contribution in [3.8, 4) is 0 Å². The average molecular weight is 272 g/mol. The van der Waals surface area contributed by atoms with Crippen LogP contribution in [0.25, 0.3) is 0 Å². The smallest absolute Gasteiger partial charge is 0.0119 e. The summed E-state index contributed by atoms with van der Waals surface area (Å²) in [6.45, 7) is 7.24. The molecule has 2 aliphatic heterocycles. The van der Waals surface area contributed by atoms with Crippen molar-refractivity contribution < 1.29 is 0 Å². The van der Waals surface area contributed by atoms with Crippen LogP contribution in [0, 0.1) is 0 Å². The summed E-state index contributed by atoms with van der Waals surface area (Å²) in [7, 11) is 0. The zero-order valence-corrected chi connectivity index (χ0v) is 12.8. The van der Waals surface area contributed by atoms with Gasteiger partial charge in [-0.1, -0.05) is 31.2 Å². The van der Waals surface area contributed by atoms with Gasteiger partial charge in [0, 0.05) is 6.04 Å². The van der Waals surface area contributed by atoms with Crippen molar-refractivity contribution >= 4 is 0 Å². The Hall–Kier alpha value is -0.860. The summed E-state index contributed by atoms with van der Waals surface area (Å²) in [6, 6.07) is 10.2. The third-order valence-electron chi connectivity index (χ3n) is 5.21. The maximum Gasteiger partial charge on any atom is 0.0119 e. The summed E-state index contributed by atoms with van der Waals surface area (Å²) in [5, 5.41) is 3.47. The quantitative estimate of drug-likeness (QED) is 0.909. The second-order valence-corrected chi connectivity index (χ2v) is 6.39. The number of hydrogen-bond donors (Lipinski definition) is 1. The monoisotopic (exact) mass is 272 g/mol. The van der Waals surface area contributed by atoms with E-state index >= 15 is 0 Å². The lowest BCUT2D eigenvalue weighted by molar-refractivity contribution is 0.127. The molecule has 0 saturated carbocycles. The Kier molecular flexibility index (Phi) is 4.74. The number of hydrogen-bond acceptors (Lipinski definition) is 2. The minimum absolute atomic E-state index is 0.791. The van der Waals surface area contributed by atoms with E-state index in [-0.39, 0.29) is 0 Å². The van der Waals surface area contributed by atoms with Crippen LogP contribution in [0.3, 0.4) is 0 Å². The number of nitrogens with zero attached hydrogens (tertiary/aromatic N) is 1. The van der Waals surface area contributed by atoms with Crippen LogP contribution < -0.4 is 5.32 Å². The van der Waals surface area contributed by atoms with E-state index in [1.807, 2.05) is 0 Å². The molecular weight excluding hydrogens is 244 g/mol. The summed E-state index contributed by atoms with van der Waals surface area (Å²) in [5.74, 6) is 0.791. The van der Waals surface area contributed by atoms with E-state index < -0.39 is 0 Å². The highest BCUT2D eigenvalue weighted by atomic mass is 15.2. The van der Waals surface area contributed by atoms with Crippen molar-refractivity contribution in [3.63, 3.8) is 0 Å². The Morgan fingerprint density at radius 3 is 2.25 bits per heavy atom. The van der Waals surface area contributed by atoms with Crippen LogP contribution in [0.15, 0.2) is 24.3 Å². The first-order valence-electron chi connectivity index (χ1n) is 8.40. The topological polar surface area (TPSA) is 15.3 Å². The molecule has 0 radical (unpaired) electrons. The molecule has 20 heavy (non-hydrogen) atoms. The van der Waals surface area contributed by atoms with Gasteiger partial charge in [-0.2, -0.15) is 0 Å². The van der Waals surface area contributed by atoms with E-state index in [1.165, 1.54) is 57.4 Å². The van der Waals surface area contributed by atoms with Gasteiger partial charge in [0.15, 0.2) is 0 Å². The van der Waals surface area contributed by atoms with Crippen LogP contribution in [0.2, 0.25) is 0 Å². The molecule has 0 aromatic heterocycles. The van der Waals surface area contributed by atoms with Crippen molar-refractivity contribution in [1.29, 1.82) is 0 Å². The van der Waals surface area contributed by atoms with Gasteiger partial charge in [0.25, 0.3) is 0 Å². The molecule has 0 bridgehead atoms. The lowest BCUT2D eigenvalue weighted by atomic mass is 9.87. The largest absolute Gasteiger partial charge is 0.317 e. The van der Waals surface area contributed by atoms with Crippen LogP contribution in [-0.2, 0) is 6.42 Å². The Labute approximate surface area is 123 Å². The first-order chi connectivity index (χ1) is 9.86. The predicted molar refractivity (Wildman–Crippen MR) is 85.3 cm³/mol. The van der Waals surface area contributed by atoms with Crippen LogP contribution in [0.5, 0.6) is 0 Å².